The van der Waals surface area contributed by atoms with E-state index < -0.39 is 5.82 Å². The van der Waals surface area contributed by atoms with Crippen LogP contribution in [0.1, 0.15) is 19.3 Å². The van der Waals surface area contributed by atoms with Crippen molar-refractivity contribution in [2.75, 3.05) is 5.32 Å². The quantitative estimate of drug-likeness (QED) is 0.888. The van der Waals surface area contributed by atoms with Gasteiger partial charge in [0.15, 0.2) is 0 Å². The Balaban J connectivity index is 1.67. The molecule has 2 atom stereocenters. The highest BCUT2D eigenvalue weighted by Gasteiger charge is 2.48. The lowest BCUT2D eigenvalue weighted by Gasteiger charge is -2.12. The van der Waals surface area contributed by atoms with E-state index in [0.29, 0.717) is 4.47 Å². The fraction of sp³-hybridized carbons (Fsp3) is 0.462. The maximum absolute atomic E-state index is 13.5. The molecule has 0 aliphatic heterocycles. The molecule has 0 bridgehead atoms. The van der Waals surface area contributed by atoms with Gasteiger partial charge in [0.1, 0.15) is 5.82 Å². The number of amides is 1. The van der Waals surface area contributed by atoms with Gasteiger partial charge in [0, 0.05) is 10.4 Å². The van der Waals surface area contributed by atoms with Gasteiger partial charge in [-0.15, -0.1) is 0 Å². The summed E-state index contributed by atoms with van der Waals surface area (Å²) in [7, 11) is 0. The standard InChI is InChI=1S/C13H13BrFNO/c14-10-1-2-12(11(15)6-10)16-13(17)9-4-7-3-8(7)5-9/h1-2,6-9H,3-5H2,(H,16,17). The van der Waals surface area contributed by atoms with Gasteiger partial charge in [0.05, 0.1) is 5.69 Å². The molecule has 1 N–H and O–H groups in total. The maximum Gasteiger partial charge on any atom is 0.227 e. The summed E-state index contributed by atoms with van der Waals surface area (Å²) in [5.74, 6) is 1.19. The number of halogens is 2. The molecule has 2 fully saturated rings. The minimum Gasteiger partial charge on any atom is -0.323 e. The van der Waals surface area contributed by atoms with Crippen LogP contribution in [0, 0.1) is 23.6 Å². The molecule has 0 aromatic heterocycles. The Morgan fingerprint density at radius 2 is 2.00 bits per heavy atom. The van der Waals surface area contributed by atoms with Gasteiger partial charge in [-0.1, -0.05) is 15.9 Å². The van der Waals surface area contributed by atoms with Crippen LogP contribution < -0.4 is 5.32 Å². The number of rotatable bonds is 2. The molecule has 1 aromatic carbocycles. The fourth-order valence-corrected chi connectivity index (χ4v) is 3.09. The Kier molecular flexibility index (Phi) is 2.69. The highest BCUT2D eigenvalue weighted by atomic mass is 79.9. The van der Waals surface area contributed by atoms with Crippen LogP contribution in [0.5, 0.6) is 0 Å². The summed E-state index contributed by atoms with van der Waals surface area (Å²) in [6.45, 7) is 0. The smallest absolute Gasteiger partial charge is 0.227 e. The molecular formula is C13H13BrFNO. The fourth-order valence-electron chi connectivity index (χ4n) is 2.75. The molecular weight excluding hydrogens is 285 g/mol. The van der Waals surface area contributed by atoms with Gasteiger partial charge in [-0.25, -0.2) is 4.39 Å². The van der Waals surface area contributed by atoms with Crippen LogP contribution in [0.3, 0.4) is 0 Å². The van der Waals surface area contributed by atoms with Crippen LogP contribution in [0.25, 0.3) is 0 Å². The Bertz CT molecular complexity index is 466. The summed E-state index contributed by atoms with van der Waals surface area (Å²) in [4.78, 5) is 11.9. The molecule has 0 heterocycles. The average Bonchev–Trinajstić information content (AvgIpc) is 2.89. The van der Waals surface area contributed by atoms with Crippen molar-refractivity contribution in [2.24, 2.45) is 17.8 Å². The van der Waals surface area contributed by atoms with E-state index >= 15 is 0 Å². The van der Waals surface area contributed by atoms with Crippen LogP contribution in [-0.4, -0.2) is 5.91 Å². The first-order valence-electron chi connectivity index (χ1n) is 5.89. The zero-order valence-corrected chi connectivity index (χ0v) is 10.8. The van der Waals surface area contributed by atoms with E-state index in [1.807, 2.05) is 0 Å². The van der Waals surface area contributed by atoms with Gasteiger partial charge >= 0.3 is 0 Å². The Hall–Kier alpha value is -0.900. The average molecular weight is 298 g/mol. The van der Waals surface area contributed by atoms with Crippen molar-refractivity contribution < 1.29 is 9.18 Å². The van der Waals surface area contributed by atoms with Gasteiger partial charge in [-0.2, -0.15) is 0 Å². The van der Waals surface area contributed by atoms with Crippen LogP contribution in [0.4, 0.5) is 10.1 Å². The summed E-state index contributed by atoms with van der Waals surface area (Å²) in [6.07, 6.45) is 3.25. The normalized spacial score (nSPS) is 29.9. The van der Waals surface area contributed by atoms with Gasteiger partial charge in [-0.3, -0.25) is 4.79 Å². The highest BCUT2D eigenvalue weighted by molar-refractivity contribution is 9.10. The van der Waals surface area contributed by atoms with Crippen LogP contribution in [0.15, 0.2) is 22.7 Å². The van der Waals surface area contributed by atoms with Crippen LogP contribution >= 0.6 is 15.9 Å². The lowest BCUT2D eigenvalue weighted by Crippen LogP contribution is -2.22. The Morgan fingerprint density at radius 1 is 1.29 bits per heavy atom. The first-order valence-corrected chi connectivity index (χ1v) is 6.68. The molecule has 2 aliphatic rings. The molecule has 2 saturated carbocycles. The number of carbonyl (C=O) groups excluding carboxylic acids is 1. The van der Waals surface area contributed by atoms with Crippen molar-refractivity contribution >= 4 is 27.5 Å². The maximum atomic E-state index is 13.5. The molecule has 17 heavy (non-hydrogen) atoms. The molecule has 3 rings (SSSR count). The molecule has 1 aromatic rings. The molecule has 0 radical (unpaired) electrons. The van der Waals surface area contributed by atoms with Crippen LogP contribution in [0.2, 0.25) is 0 Å². The van der Waals surface area contributed by atoms with Crippen molar-refractivity contribution in [1.29, 1.82) is 0 Å². The van der Waals surface area contributed by atoms with Crippen molar-refractivity contribution in [2.45, 2.75) is 19.3 Å². The van der Waals surface area contributed by atoms with Gasteiger partial charge < -0.3 is 5.32 Å². The Labute approximate surface area is 108 Å². The predicted octanol–water partition coefficient (Wildman–Crippen LogP) is 3.57. The first-order chi connectivity index (χ1) is 8.13. The molecule has 2 unspecified atom stereocenters. The summed E-state index contributed by atoms with van der Waals surface area (Å²) in [6, 6.07) is 4.68. The number of anilines is 1. The van der Waals surface area contributed by atoms with Crippen LogP contribution in [-0.2, 0) is 4.79 Å². The van der Waals surface area contributed by atoms with E-state index in [0.717, 1.165) is 24.7 Å². The first kappa shape index (κ1) is 11.2. The summed E-state index contributed by atoms with van der Waals surface area (Å²) < 4.78 is 14.2. The largest absolute Gasteiger partial charge is 0.323 e. The summed E-state index contributed by atoms with van der Waals surface area (Å²) in [5.41, 5.74) is 0.277. The van der Waals surface area contributed by atoms with Crippen molar-refractivity contribution in [3.63, 3.8) is 0 Å². The number of hydrogen-bond acceptors (Lipinski definition) is 1. The molecule has 0 spiro atoms. The summed E-state index contributed by atoms with van der Waals surface area (Å²) in [5, 5.41) is 2.69. The predicted molar refractivity (Wildman–Crippen MR) is 67.1 cm³/mol. The third kappa shape index (κ3) is 2.23. The lowest BCUT2D eigenvalue weighted by molar-refractivity contribution is -0.120. The van der Waals surface area contributed by atoms with Gasteiger partial charge in [0.25, 0.3) is 0 Å². The topological polar surface area (TPSA) is 29.1 Å². The second-order valence-electron chi connectivity index (χ2n) is 5.04. The number of nitrogens with one attached hydrogen (secondary N) is 1. The second kappa shape index (κ2) is 4.09. The molecule has 4 heteroatoms. The number of carbonyl (C=O) groups is 1. The molecule has 2 nitrogen and oxygen atoms in total. The van der Waals surface area contributed by atoms with E-state index in [9.17, 15) is 9.18 Å². The van der Waals surface area contributed by atoms with E-state index in [4.69, 9.17) is 0 Å². The zero-order valence-electron chi connectivity index (χ0n) is 9.25. The van der Waals surface area contributed by atoms with E-state index in [1.165, 1.54) is 12.5 Å². The molecule has 0 saturated heterocycles. The monoisotopic (exact) mass is 297 g/mol. The molecule has 90 valence electrons. The van der Waals surface area contributed by atoms with Crippen molar-refractivity contribution in [1.82, 2.24) is 0 Å². The van der Waals surface area contributed by atoms with Gasteiger partial charge in [-0.05, 0) is 49.3 Å². The third-order valence-electron chi connectivity index (χ3n) is 3.80. The number of hydrogen-bond donors (Lipinski definition) is 1. The minimum atomic E-state index is -0.393. The molecule has 1 amide bonds. The third-order valence-corrected chi connectivity index (χ3v) is 4.30. The van der Waals surface area contributed by atoms with Gasteiger partial charge in [0.2, 0.25) is 5.91 Å². The van der Waals surface area contributed by atoms with Crippen molar-refractivity contribution in [3.05, 3.63) is 28.5 Å². The highest BCUT2D eigenvalue weighted by Crippen LogP contribution is 2.54. The SMILES string of the molecule is O=C(Nc1ccc(Br)cc1F)C1CC2CC2C1. The zero-order chi connectivity index (χ0) is 12.0. The second-order valence-corrected chi connectivity index (χ2v) is 5.95. The van der Waals surface area contributed by atoms with E-state index in [1.54, 1.807) is 12.1 Å². The summed E-state index contributed by atoms with van der Waals surface area (Å²) >= 11 is 3.19. The minimum absolute atomic E-state index is 0.0292. The number of benzene rings is 1. The lowest BCUT2D eigenvalue weighted by atomic mass is 10.0. The van der Waals surface area contributed by atoms with E-state index in [2.05, 4.69) is 21.2 Å². The molecule has 2 aliphatic carbocycles. The Morgan fingerprint density at radius 3 is 2.65 bits per heavy atom. The van der Waals surface area contributed by atoms with Crippen molar-refractivity contribution in [3.8, 4) is 0 Å². The number of fused-ring (bicyclic) bond motifs is 1. The van der Waals surface area contributed by atoms with E-state index in [-0.39, 0.29) is 17.5 Å².